The topological polar surface area (TPSA) is 30.2 Å². The van der Waals surface area contributed by atoms with Crippen LogP contribution in [-0.2, 0) is 18.4 Å². The molecular weight excluding hydrogens is 214 g/mol. The van der Waals surface area contributed by atoms with Crippen LogP contribution in [0.3, 0.4) is 0 Å². The lowest BCUT2D eigenvalue weighted by Gasteiger charge is -2.07. The van der Waals surface area contributed by atoms with E-state index in [4.69, 9.17) is 4.74 Å². The highest BCUT2D eigenvalue weighted by Crippen LogP contribution is 2.11. The van der Waals surface area contributed by atoms with Crippen LogP contribution in [0.25, 0.3) is 0 Å². The van der Waals surface area contributed by atoms with E-state index in [1.54, 1.807) is 7.11 Å². The van der Waals surface area contributed by atoms with E-state index in [1.807, 2.05) is 30.7 Å². The second kappa shape index (κ2) is 6.50. The Morgan fingerprint density at radius 1 is 1.41 bits per heavy atom. The first kappa shape index (κ1) is 13.8. The average Bonchev–Trinajstić information content (AvgIpc) is 2.32. The molecule has 0 atom stereocenters. The Labute approximate surface area is 103 Å². The fourth-order valence-electron chi connectivity index (χ4n) is 1.84. The highest BCUT2D eigenvalue weighted by Gasteiger charge is 2.20. The molecule has 1 rings (SSSR count). The van der Waals surface area contributed by atoms with E-state index in [0.29, 0.717) is 13.0 Å². The minimum atomic E-state index is 0.217. The van der Waals surface area contributed by atoms with Gasteiger partial charge in [-0.25, -0.2) is 4.57 Å². The summed E-state index contributed by atoms with van der Waals surface area (Å²) in [7, 11) is 3.63. The van der Waals surface area contributed by atoms with Gasteiger partial charge < -0.3 is 4.74 Å². The molecule has 94 valence electrons. The quantitative estimate of drug-likeness (QED) is 0.560. The lowest BCUT2D eigenvalue weighted by atomic mass is 10.0. The summed E-state index contributed by atoms with van der Waals surface area (Å²) in [5.74, 6) is 0.217. The van der Waals surface area contributed by atoms with Gasteiger partial charge in [0, 0.05) is 26.5 Å². The van der Waals surface area contributed by atoms with E-state index in [1.165, 1.54) is 0 Å². The Kier molecular flexibility index (Phi) is 5.29. The summed E-state index contributed by atoms with van der Waals surface area (Å²) >= 11 is 0. The molecule has 3 heteroatoms. The molecule has 1 heterocycles. The van der Waals surface area contributed by atoms with Crippen molar-refractivity contribution in [2.75, 3.05) is 7.11 Å². The highest BCUT2D eigenvalue weighted by atomic mass is 16.5. The third-order valence-corrected chi connectivity index (χ3v) is 3.07. The maximum absolute atomic E-state index is 12.1. The molecule has 17 heavy (non-hydrogen) atoms. The van der Waals surface area contributed by atoms with Gasteiger partial charge in [-0.2, -0.15) is 0 Å². The number of Topliss-reactive ketones (excluding diaryl/α,β-unsaturated/α-hetero) is 1. The van der Waals surface area contributed by atoms with Crippen LogP contribution in [-0.4, -0.2) is 12.9 Å². The minimum Gasteiger partial charge on any atom is -0.374 e. The first-order chi connectivity index (χ1) is 8.11. The normalized spacial score (nSPS) is 10.6. The van der Waals surface area contributed by atoms with E-state index in [0.717, 1.165) is 29.8 Å². The van der Waals surface area contributed by atoms with Gasteiger partial charge in [-0.05, 0) is 12.5 Å². The van der Waals surface area contributed by atoms with Crippen molar-refractivity contribution in [2.45, 2.75) is 39.7 Å². The molecule has 0 unspecified atom stereocenters. The first-order valence-corrected chi connectivity index (χ1v) is 6.12. The summed E-state index contributed by atoms with van der Waals surface area (Å²) < 4.78 is 7.22. The van der Waals surface area contributed by atoms with Crippen LogP contribution in [0.2, 0.25) is 0 Å². The number of aromatic nitrogens is 1. The first-order valence-electron chi connectivity index (χ1n) is 6.12. The zero-order chi connectivity index (χ0) is 12.8. The van der Waals surface area contributed by atoms with Crippen molar-refractivity contribution in [3.05, 3.63) is 29.1 Å². The number of carbonyl (C=O) groups is 1. The van der Waals surface area contributed by atoms with Crippen LogP contribution in [0, 0.1) is 6.92 Å². The van der Waals surface area contributed by atoms with Crippen molar-refractivity contribution >= 4 is 5.78 Å². The smallest absolute Gasteiger partial charge is 0.218 e. The summed E-state index contributed by atoms with van der Waals surface area (Å²) in [6.07, 6.45) is 2.61. The number of methoxy groups -OCH3 is 1. The number of rotatable bonds is 6. The van der Waals surface area contributed by atoms with E-state index in [2.05, 4.69) is 6.92 Å². The number of ether oxygens (including phenoxy) is 1. The van der Waals surface area contributed by atoms with Gasteiger partial charge in [-0.3, -0.25) is 4.79 Å². The number of carbonyl (C=O) groups excluding carboxylic acids is 1. The van der Waals surface area contributed by atoms with Crippen molar-refractivity contribution in [2.24, 2.45) is 7.05 Å². The monoisotopic (exact) mass is 236 g/mol. The van der Waals surface area contributed by atoms with Crippen LogP contribution in [0.4, 0.5) is 0 Å². The van der Waals surface area contributed by atoms with Gasteiger partial charge >= 0.3 is 0 Å². The number of unbranched alkanes of at least 4 members (excludes halogenated alkanes) is 1. The van der Waals surface area contributed by atoms with Crippen molar-refractivity contribution in [1.82, 2.24) is 0 Å². The predicted molar refractivity (Wildman–Crippen MR) is 66.9 cm³/mol. The fraction of sp³-hybridized carbons (Fsp3) is 0.571. The standard InChI is InChI=1S/C14H22NO2/c1-5-6-7-14(16)12-9-8-11(2)15(3)13(12)10-17-4/h8-9H,5-7,10H2,1-4H3/q+1. The maximum atomic E-state index is 12.1. The van der Waals surface area contributed by atoms with Crippen LogP contribution >= 0.6 is 0 Å². The number of ketones is 1. The predicted octanol–water partition coefficient (Wildman–Crippen LogP) is 2.34. The van der Waals surface area contributed by atoms with E-state index in [9.17, 15) is 4.79 Å². The Morgan fingerprint density at radius 3 is 2.71 bits per heavy atom. The SMILES string of the molecule is CCCCC(=O)c1ccc(C)[n+](C)c1COC. The van der Waals surface area contributed by atoms with Crippen LogP contribution in [0.15, 0.2) is 12.1 Å². The molecule has 1 aromatic heterocycles. The van der Waals surface area contributed by atoms with E-state index in [-0.39, 0.29) is 5.78 Å². The number of pyridine rings is 1. The molecule has 0 N–H and O–H groups in total. The maximum Gasteiger partial charge on any atom is 0.218 e. The molecule has 3 nitrogen and oxygen atoms in total. The summed E-state index contributed by atoms with van der Waals surface area (Å²) in [5, 5.41) is 0. The molecule has 0 saturated heterocycles. The second-order valence-electron chi connectivity index (χ2n) is 4.35. The molecule has 0 aliphatic heterocycles. The number of nitrogens with zero attached hydrogens (tertiary/aromatic N) is 1. The molecule has 0 aliphatic carbocycles. The molecule has 0 amide bonds. The van der Waals surface area contributed by atoms with E-state index >= 15 is 0 Å². The molecule has 0 aromatic carbocycles. The van der Waals surface area contributed by atoms with Gasteiger partial charge in [0.05, 0.1) is 5.56 Å². The second-order valence-corrected chi connectivity index (χ2v) is 4.35. The van der Waals surface area contributed by atoms with Crippen LogP contribution in [0.5, 0.6) is 0 Å². The van der Waals surface area contributed by atoms with Gasteiger partial charge in [0.2, 0.25) is 5.69 Å². The third kappa shape index (κ3) is 3.37. The summed E-state index contributed by atoms with van der Waals surface area (Å²) in [6, 6.07) is 3.90. The van der Waals surface area contributed by atoms with Crippen molar-refractivity contribution in [3.8, 4) is 0 Å². The molecular formula is C14H22NO2+. The van der Waals surface area contributed by atoms with Crippen LogP contribution < -0.4 is 4.57 Å². The molecule has 0 saturated carbocycles. The summed E-state index contributed by atoms with van der Waals surface area (Å²) in [4.78, 5) is 12.1. The number of aryl methyl sites for hydroxylation is 1. The zero-order valence-corrected chi connectivity index (χ0v) is 11.2. The molecule has 1 aromatic rings. The number of hydrogen-bond acceptors (Lipinski definition) is 2. The zero-order valence-electron chi connectivity index (χ0n) is 11.2. The molecule has 0 radical (unpaired) electrons. The van der Waals surface area contributed by atoms with Crippen LogP contribution in [0.1, 0.15) is 47.9 Å². The largest absolute Gasteiger partial charge is 0.374 e. The molecule has 0 fully saturated rings. The van der Waals surface area contributed by atoms with Crippen molar-refractivity contribution in [3.63, 3.8) is 0 Å². The average molecular weight is 236 g/mol. The van der Waals surface area contributed by atoms with Gasteiger partial charge in [-0.1, -0.05) is 13.3 Å². The minimum absolute atomic E-state index is 0.217. The molecule has 0 bridgehead atoms. The Morgan fingerprint density at radius 2 is 2.12 bits per heavy atom. The van der Waals surface area contributed by atoms with Gasteiger partial charge in [0.25, 0.3) is 0 Å². The molecule has 0 spiro atoms. The molecule has 0 aliphatic rings. The van der Waals surface area contributed by atoms with Crippen molar-refractivity contribution in [1.29, 1.82) is 0 Å². The lowest BCUT2D eigenvalue weighted by Crippen LogP contribution is -2.39. The highest BCUT2D eigenvalue weighted by molar-refractivity contribution is 5.96. The summed E-state index contributed by atoms with van der Waals surface area (Å²) in [5.41, 5.74) is 2.89. The third-order valence-electron chi connectivity index (χ3n) is 3.07. The lowest BCUT2D eigenvalue weighted by molar-refractivity contribution is -0.687. The Hall–Kier alpha value is -1.22. The number of hydrogen-bond donors (Lipinski definition) is 0. The van der Waals surface area contributed by atoms with Gasteiger partial charge in [0.1, 0.15) is 13.7 Å². The Balaban J connectivity index is 3.05. The summed E-state index contributed by atoms with van der Waals surface area (Å²) in [6.45, 7) is 4.60. The van der Waals surface area contributed by atoms with Crippen molar-refractivity contribution < 1.29 is 14.1 Å². The van der Waals surface area contributed by atoms with E-state index < -0.39 is 0 Å². The fourth-order valence-corrected chi connectivity index (χ4v) is 1.84. The van der Waals surface area contributed by atoms with Gasteiger partial charge in [0.15, 0.2) is 11.5 Å². The Bertz CT molecular complexity index is 399. The van der Waals surface area contributed by atoms with Gasteiger partial charge in [-0.15, -0.1) is 0 Å².